The minimum atomic E-state index is -0.329. The van der Waals surface area contributed by atoms with Gasteiger partial charge in [-0.25, -0.2) is 4.79 Å². The quantitative estimate of drug-likeness (QED) is 0.735. The van der Waals surface area contributed by atoms with E-state index in [1.54, 1.807) is 31.4 Å². The maximum absolute atomic E-state index is 12.2. The molecule has 2 rings (SSSR count). The van der Waals surface area contributed by atoms with Gasteiger partial charge in [0.15, 0.2) is 0 Å². The Labute approximate surface area is 137 Å². The summed E-state index contributed by atoms with van der Waals surface area (Å²) >= 11 is 0. The third-order valence-electron chi connectivity index (χ3n) is 3.48. The van der Waals surface area contributed by atoms with Crippen molar-refractivity contribution in [1.82, 2.24) is 4.90 Å². The van der Waals surface area contributed by atoms with Crippen LogP contribution >= 0.6 is 0 Å². The van der Waals surface area contributed by atoms with Gasteiger partial charge in [0.2, 0.25) is 0 Å². The van der Waals surface area contributed by atoms with Crippen molar-refractivity contribution < 1.29 is 14.3 Å². The molecule has 0 spiro atoms. The number of nitrogens with zero attached hydrogens (tertiary/aromatic N) is 1. The number of benzene rings is 2. The number of carbonyl (C=O) groups is 1. The Morgan fingerprint density at radius 3 is 2.57 bits per heavy atom. The van der Waals surface area contributed by atoms with Gasteiger partial charge >= 0.3 is 5.97 Å². The summed E-state index contributed by atoms with van der Waals surface area (Å²) < 4.78 is 10.6. The highest BCUT2D eigenvalue weighted by atomic mass is 16.5. The molecule has 2 aromatic rings. The van der Waals surface area contributed by atoms with E-state index in [-0.39, 0.29) is 12.1 Å². The smallest absolute Gasteiger partial charge is 0.338 e. The van der Waals surface area contributed by atoms with Crippen LogP contribution in [0.3, 0.4) is 0 Å². The minimum absolute atomic E-state index is 0.192. The number of methoxy groups -OCH3 is 1. The SMILES string of the molecule is COc1cccc(C(=O)OC(C)CN(C)Cc2ccccc2)c1. The van der Waals surface area contributed by atoms with Gasteiger partial charge in [0.05, 0.1) is 12.7 Å². The first kappa shape index (κ1) is 17.0. The van der Waals surface area contributed by atoms with Crippen molar-refractivity contribution >= 4 is 5.97 Å². The molecule has 0 aliphatic carbocycles. The van der Waals surface area contributed by atoms with Crippen LogP contribution < -0.4 is 4.74 Å². The van der Waals surface area contributed by atoms with Crippen LogP contribution in [0.1, 0.15) is 22.8 Å². The molecule has 0 aromatic heterocycles. The van der Waals surface area contributed by atoms with Crippen molar-refractivity contribution in [2.45, 2.75) is 19.6 Å². The summed E-state index contributed by atoms with van der Waals surface area (Å²) in [4.78, 5) is 14.3. The molecule has 0 saturated carbocycles. The normalized spacial score (nSPS) is 12.0. The summed E-state index contributed by atoms with van der Waals surface area (Å²) in [6, 6.07) is 17.2. The number of esters is 1. The second kappa shape index (κ2) is 8.34. The van der Waals surface area contributed by atoms with Gasteiger partial charge in [0, 0.05) is 13.1 Å². The first-order valence-corrected chi connectivity index (χ1v) is 7.66. The molecule has 2 aromatic carbocycles. The topological polar surface area (TPSA) is 38.8 Å². The molecule has 0 N–H and O–H groups in total. The van der Waals surface area contributed by atoms with Crippen LogP contribution in [0.4, 0.5) is 0 Å². The molecule has 122 valence electrons. The predicted molar refractivity (Wildman–Crippen MR) is 90.6 cm³/mol. The number of hydrogen-bond donors (Lipinski definition) is 0. The third kappa shape index (κ3) is 5.42. The highest BCUT2D eigenvalue weighted by molar-refractivity contribution is 5.89. The second-order valence-corrected chi connectivity index (χ2v) is 5.63. The van der Waals surface area contributed by atoms with Gasteiger partial charge < -0.3 is 9.47 Å². The van der Waals surface area contributed by atoms with Gasteiger partial charge in [0.1, 0.15) is 11.9 Å². The Kier molecular flexibility index (Phi) is 6.18. The molecule has 0 radical (unpaired) electrons. The van der Waals surface area contributed by atoms with Gasteiger partial charge in [0.25, 0.3) is 0 Å². The molecule has 4 nitrogen and oxygen atoms in total. The van der Waals surface area contributed by atoms with Crippen LogP contribution in [0.25, 0.3) is 0 Å². The maximum Gasteiger partial charge on any atom is 0.338 e. The molecule has 0 heterocycles. The van der Waals surface area contributed by atoms with E-state index < -0.39 is 0 Å². The van der Waals surface area contributed by atoms with Crippen molar-refractivity contribution in [2.75, 3.05) is 20.7 Å². The Hall–Kier alpha value is -2.33. The van der Waals surface area contributed by atoms with Crippen molar-refractivity contribution in [3.63, 3.8) is 0 Å². The molecule has 23 heavy (non-hydrogen) atoms. The van der Waals surface area contributed by atoms with Crippen LogP contribution in [-0.4, -0.2) is 37.7 Å². The van der Waals surface area contributed by atoms with Crippen LogP contribution in [0, 0.1) is 0 Å². The fourth-order valence-electron chi connectivity index (χ4n) is 2.44. The van der Waals surface area contributed by atoms with Crippen LogP contribution in [-0.2, 0) is 11.3 Å². The molecular weight excluding hydrogens is 290 g/mol. The van der Waals surface area contributed by atoms with E-state index in [0.29, 0.717) is 17.9 Å². The summed E-state index contributed by atoms with van der Waals surface area (Å²) in [6.07, 6.45) is -0.192. The molecule has 0 aliphatic heterocycles. The Morgan fingerprint density at radius 1 is 1.13 bits per heavy atom. The second-order valence-electron chi connectivity index (χ2n) is 5.63. The molecule has 0 fully saturated rings. The summed E-state index contributed by atoms with van der Waals surface area (Å²) in [6.45, 7) is 3.39. The Bertz CT molecular complexity index is 628. The molecule has 1 unspecified atom stereocenters. The van der Waals surface area contributed by atoms with Gasteiger partial charge in [-0.15, -0.1) is 0 Å². The highest BCUT2D eigenvalue weighted by Gasteiger charge is 2.14. The largest absolute Gasteiger partial charge is 0.497 e. The van der Waals surface area contributed by atoms with Crippen LogP contribution in [0.5, 0.6) is 5.75 Å². The van der Waals surface area contributed by atoms with Gasteiger partial charge in [-0.1, -0.05) is 36.4 Å². The van der Waals surface area contributed by atoms with E-state index in [9.17, 15) is 4.79 Å². The van der Waals surface area contributed by atoms with E-state index >= 15 is 0 Å². The molecule has 4 heteroatoms. The van der Waals surface area contributed by atoms with E-state index in [2.05, 4.69) is 17.0 Å². The minimum Gasteiger partial charge on any atom is -0.497 e. The fraction of sp³-hybridized carbons (Fsp3) is 0.316. The number of ether oxygens (including phenoxy) is 2. The Balaban J connectivity index is 1.85. The Morgan fingerprint density at radius 2 is 1.87 bits per heavy atom. The van der Waals surface area contributed by atoms with E-state index in [0.717, 1.165) is 6.54 Å². The lowest BCUT2D eigenvalue weighted by Crippen LogP contribution is -2.30. The summed E-state index contributed by atoms with van der Waals surface area (Å²) in [7, 11) is 3.59. The summed E-state index contributed by atoms with van der Waals surface area (Å²) in [5.74, 6) is 0.317. The first-order valence-electron chi connectivity index (χ1n) is 7.66. The predicted octanol–water partition coefficient (Wildman–Crippen LogP) is 3.37. The lowest BCUT2D eigenvalue weighted by Gasteiger charge is -2.21. The van der Waals surface area contributed by atoms with Crippen LogP contribution in [0.15, 0.2) is 54.6 Å². The lowest BCUT2D eigenvalue weighted by atomic mass is 10.2. The highest BCUT2D eigenvalue weighted by Crippen LogP contribution is 2.14. The van der Waals surface area contributed by atoms with Crippen molar-refractivity contribution in [1.29, 1.82) is 0 Å². The zero-order valence-electron chi connectivity index (χ0n) is 13.9. The molecule has 0 saturated heterocycles. The zero-order valence-corrected chi connectivity index (χ0v) is 13.9. The summed E-state index contributed by atoms with van der Waals surface area (Å²) in [5, 5.41) is 0. The van der Waals surface area contributed by atoms with Crippen molar-refractivity contribution in [2.24, 2.45) is 0 Å². The van der Waals surface area contributed by atoms with E-state index in [1.807, 2.05) is 32.2 Å². The monoisotopic (exact) mass is 313 g/mol. The standard InChI is InChI=1S/C19H23NO3/c1-15(13-20(2)14-16-8-5-4-6-9-16)23-19(21)17-10-7-11-18(12-17)22-3/h4-12,15H,13-14H2,1-3H3. The number of rotatable bonds is 7. The molecule has 0 amide bonds. The molecular formula is C19H23NO3. The van der Waals surface area contributed by atoms with Gasteiger partial charge in [-0.2, -0.15) is 0 Å². The third-order valence-corrected chi connectivity index (χ3v) is 3.48. The van der Waals surface area contributed by atoms with Gasteiger partial charge in [-0.3, -0.25) is 4.90 Å². The summed E-state index contributed by atoms with van der Waals surface area (Å²) in [5.41, 5.74) is 1.74. The lowest BCUT2D eigenvalue weighted by molar-refractivity contribution is 0.0267. The average molecular weight is 313 g/mol. The average Bonchev–Trinajstić information content (AvgIpc) is 2.55. The van der Waals surface area contributed by atoms with Crippen LogP contribution in [0.2, 0.25) is 0 Å². The number of likely N-dealkylation sites (N-methyl/N-ethyl adjacent to an activating group) is 1. The number of carbonyl (C=O) groups excluding carboxylic acids is 1. The molecule has 0 bridgehead atoms. The fourth-order valence-corrected chi connectivity index (χ4v) is 2.44. The van der Waals surface area contributed by atoms with E-state index in [4.69, 9.17) is 9.47 Å². The first-order chi connectivity index (χ1) is 11.1. The van der Waals surface area contributed by atoms with E-state index in [1.165, 1.54) is 5.56 Å². The molecule has 0 aliphatic rings. The van der Waals surface area contributed by atoms with Crippen molar-refractivity contribution in [3.05, 3.63) is 65.7 Å². The number of hydrogen-bond acceptors (Lipinski definition) is 4. The zero-order chi connectivity index (χ0) is 16.7. The molecule has 1 atom stereocenters. The maximum atomic E-state index is 12.2. The van der Waals surface area contributed by atoms with Gasteiger partial charge in [-0.05, 0) is 37.7 Å². The van der Waals surface area contributed by atoms with Crippen molar-refractivity contribution in [3.8, 4) is 5.75 Å².